The number of benzene rings is 1. The molecule has 0 amide bonds. The molecule has 0 unspecified atom stereocenters. The predicted octanol–water partition coefficient (Wildman–Crippen LogP) is 3.64. The van der Waals surface area contributed by atoms with E-state index in [0.29, 0.717) is 5.92 Å². The Bertz CT molecular complexity index is 1030. The van der Waals surface area contributed by atoms with Gasteiger partial charge in [-0.1, -0.05) is 11.8 Å². The minimum absolute atomic E-state index is 0.476. The van der Waals surface area contributed by atoms with E-state index in [4.69, 9.17) is 10.1 Å². The Labute approximate surface area is 159 Å². The van der Waals surface area contributed by atoms with Gasteiger partial charge in [-0.25, -0.2) is 9.67 Å². The van der Waals surface area contributed by atoms with Crippen LogP contribution in [0.1, 0.15) is 49.6 Å². The van der Waals surface area contributed by atoms with Crippen molar-refractivity contribution in [1.29, 1.82) is 0 Å². The number of pyridine rings is 1. The van der Waals surface area contributed by atoms with E-state index in [1.54, 1.807) is 20.0 Å². The Hall–Kier alpha value is -2.97. The molecule has 0 aliphatic heterocycles. The molecule has 1 fully saturated rings. The van der Waals surface area contributed by atoms with E-state index in [1.165, 1.54) is 0 Å². The predicted molar refractivity (Wildman–Crippen MR) is 104 cm³/mol. The molecule has 2 heterocycles. The first-order valence-electron chi connectivity index (χ1n) is 9.15. The van der Waals surface area contributed by atoms with E-state index in [9.17, 15) is 5.11 Å². The standard InChI is InChI=1S/C22H22N4O/c1-15-14-23-13-11-19(15)26-21(24-20(25-26)17-8-9-17)18-6-4-16(5-7-18)10-12-22(2,3)27/h4-7,11,13-14,17,27H,8-9H2,1-3H3. The molecule has 2 aromatic heterocycles. The fourth-order valence-electron chi connectivity index (χ4n) is 2.83. The van der Waals surface area contributed by atoms with Gasteiger partial charge in [0.15, 0.2) is 11.6 Å². The van der Waals surface area contributed by atoms with Gasteiger partial charge < -0.3 is 5.11 Å². The Balaban J connectivity index is 1.75. The SMILES string of the molecule is Cc1cnccc1-n1nc(C2CC2)nc1-c1ccc(C#CC(C)(C)O)cc1. The molecule has 0 atom stereocenters. The molecule has 1 aliphatic carbocycles. The summed E-state index contributed by atoms with van der Waals surface area (Å²) in [4.78, 5) is 9.01. The summed E-state index contributed by atoms with van der Waals surface area (Å²) in [5.41, 5.74) is 2.88. The van der Waals surface area contributed by atoms with Crippen molar-refractivity contribution >= 4 is 0 Å². The monoisotopic (exact) mass is 358 g/mol. The summed E-state index contributed by atoms with van der Waals surface area (Å²) in [5.74, 6) is 8.05. The second-order valence-corrected chi connectivity index (χ2v) is 7.53. The molecule has 0 bridgehead atoms. The third kappa shape index (κ3) is 3.91. The van der Waals surface area contributed by atoms with E-state index in [0.717, 1.165) is 46.9 Å². The van der Waals surface area contributed by atoms with E-state index in [2.05, 4.69) is 16.8 Å². The first kappa shape index (κ1) is 17.4. The Kier molecular flexibility index (Phi) is 4.29. The average Bonchev–Trinajstić information content (AvgIpc) is 3.40. The van der Waals surface area contributed by atoms with Crippen LogP contribution in [0.15, 0.2) is 42.7 Å². The van der Waals surface area contributed by atoms with Crippen LogP contribution < -0.4 is 0 Å². The largest absolute Gasteiger partial charge is 0.378 e. The van der Waals surface area contributed by atoms with Gasteiger partial charge in [0.25, 0.3) is 0 Å². The van der Waals surface area contributed by atoms with E-state index < -0.39 is 5.60 Å². The molecule has 4 rings (SSSR count). The van der Waals surface area contributed by atoms with Gasteiger partial charge in [0.2, 0.25) is 0 Å². The summed E-state index contributed by atoms with van der Waals surface area (Å²) in [6.07, 6.45) is 5.93. The molecule has 1 aliphatic rings. The van der Waals surface area contributed by atoms with Gasteiger partial charge in [-0.15, -0.1) is 0 Å². The lowest BCUT2D eigenvalue weighted by Gasteiger charge is -2.08. The zero-order valence-electron chi connectivity index (χ0n) is 15.8. The third-order valence-corrected chi connectivity index (χ3v) is 4.44. The summed E-state index contributed by atoms with van der Waals surface area (Å²) in [7, 11) is 0. The van der Waals surface area contributed by atoms with Crippen LogP contribution in [0.4, 0.5) is 0 Å². The van der Waals surface area contributed by atoms with Crippen molar-refractivity contribution in [3.8, 4) is 28.9 Å². The van der Waals surface area contributed by atoms with Crippen LogP contribution >= 0.6 is 0 Å². The fraction of sp³-hybridized carbons (Fsp3) is 0.318. The van der Waals surface area contributed by atoms with Crippen molar-refractivity contribution < 1.29 is 5.11 Å². The van der Waals surface area contributed by atoms with Gasteiger partial charge >= 0.3 is 0 Å². The first-order valence-corrected chi connectivity index (χ1v) is 9.15. The molecule has 1 N–H and O–H groups in total. The quantitative estimate of drug-likeness (QED) is 0.726. The van der Waals surface area contributed by atoms with Gasteiger partial charge in [0.05, 0.1) is 5.69 Å². The number of hydrogen-bond donors (Lipinski definition) is 1. The van der Waals surface area contributed by atoms with Gasteiger partial charge in [-0.3, -0.25) is 4.98 Å². The fourth-order valence-corrected chi connectivity index (χ4v) is 2.83. The van der Waals surface area contributed by atoms with Crippen LogP contribution in [0.25, 0.3) is 17.1 Å². The van der Waals surface area contributed by atoms with E-state index in [-0.39, 0.29) is 0 Å². The summed E-state index contributed by atoms with van der Waals surface area (Å²) in [6, 6.07) is 9.87. The number of aliphatic hydroxyl groups is 1. The number of hydrogen-bond acceptors (Lipinski definition) is 4. The molecule has 27 heavy (non-hydrogen) atoms. The van der Waals surface area contributed by atoms with Crippen LogP contribution in [0.3, 0.4) is 0 Å². The highest BCUT2D eigenvalue weighted by Gasteiger charge is 2.29. The van der Waals surface area contributed by atoms with Crippen LogP contribution in [-0.2, 0) is 0 Å². The zero-order valence-corrected chi connectivity index (χ0v) is 15.8. The number of rotatable bonds is 3. The summed E-state index contributed by atoms with van der Waals surface area (Å²) in [5, 5.41) is 14.5. The minimum Gasteiger partial charge on any atom is -0.378 e. The number of aryl methyl sites for hydroxylation is 1. The lowest BCUT2D eigenvalue weighted by Crippen LogP contribution is -2.14. The maximum atomic E-state index is 9.76. The van der Waals surface area contributed by atoms with Gasteiger partial charge in [-0.05, 0) is 69.5 Å². The van der Waals surface area contributed by atoms with Crippen molar-refractivity contribution in [1.82, 2.24) is 19.7 Å². The summed E-state index contributed by atoms with van der Waals surface area (Å²) >= 11 is 0. The van der Waals surface area contributed by atoms with Gasteiger partial charge in [0, 0.05) is 29.4 Å². The van der Waals surface area contributed by atoms with Crippen molar-refractivity contribution in [2.24, 2.45) is 0 Å². The molecule has 0 spiro atoms. The summed E-state index contributed by atoms with van der Waals surface area (Å²) in [6.45, 7) is 5.38. The number of nitrogens with zero attached hydrogens (tertiary/aromatic N) is 4. The van der Waals surface area contributed by atoms with Crippen molar-refractivity contribution in [2.45, 2.75) is 45.1 Å². The molecule has 0 saturated heterocycles. The third-order valence-electron chi connectivity index (χ3n) is 4.44. The topological polar surface area (TPSA) is 63.8 Å². The second kappa shape index (κ2) is 6.64. The Morgan fingerprint density at radius 3 is 2.52 bits per heavy atom. The summed E-state index contributed by atoms with van der Waals surface area (Å²) < 4.78 is 1.92. The molecular weight excluding hydrogens is 336 g/mol. The smallest absolute Gasteiger partial charge is 0.163 e. The molecule has 5 nitrogen and oxygen atoms in total. The maximum Gasteiger partial charge on any atom is 0.163 e. The molecule has 1 aromatic carbocycles. The normalized spacial score (nSPS) is 13.9. The van der Waals surface area contributed by atoms with Crippen LogP contribution in [0.5, 0.6) is 0 Å². The lowest BCUT2D eigenvalue weighted by atomic mass is 10.1. The second-order valence-electron chi connectivity index (χ2n) is 7.53. The molecule has 1 saturated carbocycles. The molecule has 0 radical (unpaired) electrons. The van der Waals surface area contributed by atoms with Crippen LogP contribution in [0, 0.1) is 18.8 Å². The lowest BCUT2D eigenvalue weighted by molar-refractivity contribution is 0.143. The van der Waals surface area contributed by atoms with Gasteiger partial charge in [0.1, 0.15) is 5.60 Å². The maximum absolute atomic E-state index is 9.76. The molecule has 5 heteroatoms. The molecular formula is C22H22N4O. The highest BCUT2D eigenvalue weighted by atomic mass is 16.3. The average molecular weight is 358 g/mol. The molecule has 3 aromatic rings. The van der Waals surface area contributed by atoms with Gasteiger partial charge in [-0.2, -0.15) is 5.10 Å². The Morgan fingerprint density at radius 2 is 1.89 bits per heavy atom. The molecule has 136 valence electrons. The Morgan fingerprint density at radius 1 is 1.15 bits per heavy atom. The first-order chi connectivity index (χ1) is 12.9. The van der Waals surface area contributed by atoms with Crippen molar-refractivity contribution in [3.05, 3.63) is 59.7 Å². The minimum atomic E-state index is -1.00. The van der Waals surface area contributed by atoms with E-state index in [1.807, 2.05) is 48.1 Å². The van der Waals surface area contributed by atoms with Crippen LogP contribution in [0.2, 0.25) is 0 Å². The number of aromatic nitrogens is 4. The van der Waals surface area contributed by atoms with Crippen molar-refractivity contribution in [2.75, 3.05) is 0 Å². The zero-order chi connectivity index (χ0) is 19.0. The highest BCUT2D eigenvalue weighted by molar-refractivity contribution is 5.60. The van der Waals surface area contributed by atoms with Crippen LogP contribution in [-0.4, -0.2) is 30.5 Å². The highest BCUT2D eigenvalue weighted by Crippen LogP contribution is 2.39. The van der Waals surface area contributed by atoms with Crippen molar-refractivity contribution in [3.63, 3.8) is 0 Å². The van der Waals surface area contributed by atoms with E-state index >= 15 is 0 Å².